The number of nitrogens with zero attached hydrogens (tertiary/aromatic N) is 4. The van der Waals surface area contributed by atoms with E-state index in [1.807, 2.05) is 91.3 Å². The van der Waals surface area contributed by atoms with E-state index in [-0.39, 0.29) is 5.91 Å². The monoisotopic (exact) mass is 437 g/mol. The number of amides is 1. The number of ether oxygens (including phenoxy) is 1. The van der Waals surface area contributed by atoms with Gasteiger partial charge in [0.05, 0.1) is 41.6 Å². The predicted octanol–water partition coefficient (Wildman–Crippen LogP) is 5.06. The third-order valence-electron chi connectivity index (χ3n) is 5.61. The summed E-state index contributed by atoms with van der Waals surface area (Å²) < 4.78 is 9.22. The van der Waals surface area contributed by atoms with Crippen LogP contribution in [0.1, 0.15) is 21.6 Å². The first-order valence-electron chi connectivity index (χ1n) is 10.6. The van der Waals surface area contributed by atoms with Crippen molar-refractivity contribution in [1.82, 2.24) is 19.2 Å². The summed E-state index contributed by atoms with van der Waals surface area (Å²) in [6.07, 6.45) is 5.54. The number of rotatable bonds is 5. The molecule has 33 heavy (non-hydrogen) atoms. The molecule has 3 heterocycles. The van der Waals surface area contributed by atoms with E-state index in [2.05, 4.69) is 10.4 Å². The zero-order chi connectivity index (χ0) is 22.9. The van der Waals surface area contributed by atoms with E-state index >= 15 is 0 Å². The first-order valence-corrected chi connectivity index (χ1v) is 10.6. The summed E-state index contributed by atoms with van der Waals surface area (Å²) in [4.78, 5) is 17.9. The number of nitrogens with one attached hydrogen (secondary N) is 1. The molecule has 164 valence electrons. The van der Waals surface area contributed by atoms with Crippen molar-refractivity contribution in [1.29, 1.82) is 0 Å². The van der Waals surface area contributed by atoms with Crippen LogP contribution in [-0.4, -0.2) is 32.2 Å². The average Bonchev–Trinajstić information content (AvgIpc) is 3.42. The number of imidazole rings is 1. The molecule has 0 atom stereocenters. The number of carbonyl (C=O) groups is 1. The molecule has 7 nitrogen and oxygen atoms in total. The number of fused-ring (bicyclic) bond motifs is 1. The quantitative estimate of drug-likeness (QED) is 0.417. The Labute approximate surface area is 191 Å². The summed E-state index contributed by atoms with van der Waals surface area (Å²) in [5.41, 5.74) is 6.43. The van der Waals surface area contributed by atoms with Crippen LogP contribution in [0.15, 0.2) is 79.3 Å². The highest BCUT2D eigenvalue weighted by Gasteiger charge is 2.18. The number of benzene rings is 2. The average molecular weight is 438 g/mol. The van der Waals surface area contributed by atoms with E-state index < -0.39 is 0 Å². The van der Waals surface area contributed by atoms with Crippen LogP contribution in [0.2, 0.25) is 0 Å². The Balaban J connectivity index is 1.47. The molecule has 0 radical (unpaired) electrons. The summed E-state index contributed by atoms with van der Waals surface area (Å²) in [5.74, 6) is 0.315. The molecule has 2 aromatic carbocycles. The van der Waals surface area contributed by atoms with Gasteiger partial charge in [-0.25, -0.2) is 9.67 Å². The van der Waals surface area contributed by atoms with Gasteiger partial charge in [0.2, 0.25) is 0 Å². The lowest BCUT2D eigenvalue weighted by molar-refractivity contribution is 0.102. The van der Waals surface area contributed by atoms with E-state index in [9.17, 15) is 4.79 Å². The van der Waals surface area contributed by atoms with Crippen LogP contribution < -0.4 is 10.1 Å². The molecule has 0 saturated heterocycles. The molecule has 3 aromatic heterocycles. The third kappa shape index (κ3) is 3.85. The maximum atomic E-state index is 13.1. The van der Waals surface area contributed by atoms with Crippen molar-refractivity contribution in [3.8, 4) is 22.7 Å². The highest BCUT2D eigenvalue weighted by Crippen LogP contribution is 2.31. The van der Waals surface area contributed by atoms with Crippen molar-refractivity contribution >= 4 is 17.2 Å². The molecule has 0 aliphatic rings. The summed E-state index contributed by atoms with van der Waals surface area (Å²) in [6.45, 7) is 3.92. The van der Waals surface area contributed by atoms with Gasteiger partial charge in [0.15, 0.2) is 0 Å². The number of anilines is 1. The van der Waals surface area contributed by atoms with Gasteiger partial charge in [-0.15, -0.1) is 0 Å². The first kappa shape index (κ1) is 20.5. The fraction of sp³-hybridized carbons (Fsp3) is 0.115. The SMILES string of the molecule is COc1ccc(-c2cn3ccc(C)cc3n2)cc1NC(=O)c1cnn(-c2ccccc2)c1C. The van der Waals surface area contributed by atoms with Gasteiger partial charge in [-0.2, -0.15) is 5.10 Å². The zero-order valence-electron chi connectivity index (χ0n) is 18.6. The first-order chi connectivity index (χ1) is 16.0. The molecule has 0 unspecified atom stereocenters. The third-order valence-corrected chi connectivity index (χ3v) is 5.61. The maximum absolute atomic E-state index is 13.1. The van der Waals surface area contributed by atoms with Gasteiger partial charge in [0.1, 0.15) is 11.4 Å². The molecule has 1 amide bonds. The largest absolute Gasteiger partial charge is 0.495 e. The maximum Gasteiger partial charge on any atom is 0.259 e. The van der Waals surface area contributed by atoms with E-state index in [0.29, 0.717) is 17.0 Å². The van der Waals surface area contributed by atoms with Crippen LogP contribution in [0.5, 0.6) is 5.75 Å². The number of aryl methyl sites for hydroxylation is 1. The van der Waals surface area contributed by atoms with Crippen LogP contribution in [0, 0.1) is 13.8 Å². The molecular weight excluding hydrogens is 414 g/mol. The fourth-order valence-electron chi connectivity index (χ4n) is 3.84. The van der Waals surface area contributed by atoms with Gasteiger partial charge in [-0.05, 0) is 61.9 Å². The van der Waals surface area contributed by atoms with Crippen LogP contribution in [0.25, 0.3) is 22.6 Å². The molecule has 0 aliphatic heterocycles. The normalized spacial score (nSPS) is 11.0. The topological polar surface area (TPSA) is 73.5 Å². The number of aromatic nitrogens is 4. The van der Waals surface area contributed by atoms with Gasteiger partial charge in [-0.3, -0.25) is 4.79 Å². The summed E-state index contributed by atoms with van der Waals surface area (Å²) in [6, 6.07) is 19.4. The van der Waals surface area contributed by atoms with Crippen LogP contribution in [0.3, 0.4) is 0 Å². The summed E-state index contributed by atoms with van der Waals surface area (Å²) in [5, 5.41) is 7.38. The van der Waals surface area contributed by atoms with E-state index in [0.717, 1.165) is 33.8 Å². The Morgan fingerprint density at radius 1 is 1.03 bits per heavy atom. The number of para-hydroxylation sites is 1. The smallest absolute Gasteiger partial charge is 0.259 e. The minimum atomic E-state index is -0.254. The van der Waals surface area contributed by atoms with Gasteiger partial charge in [0, 0.05) is 18.0 Å². The molecule has 1 N–H and O–H groups in total. The molecule has 5 aromatic rings. The second-order valence-corrected chi connectivity index (χ2v) is 7.86. The Kier molecular flexibility index (Phi) is 5.14. The number of hydrogen-bond donors (Lipinski definition) is 1. The van der Waals surface area contributed by atoms with Gasteiger partial charge in [0.25, 0.3) is 5.91 Å². The molecule has 5 rings (SSSR count). The number of pyridine rings is 1. The Morgan fingerprint density at radius 3 is 2.64 bits per heavy atom. The van der Waals surface area contributed by atoms with E-state index in [4.69, 9.17) is 9.72 Å². The van der Waals surface area contributed by atoms with E-state index in [1.54, 1.807) is 18.0 Å². The molecule has 0 bridgehead atoms. The lowest BCUT2D eigenvalue weighted by atomic mass is 10.1. The van der Waals surface area contributed by atoms with Crippen LogP contribution in [0.4, 0.5) is 5.69 Å². The molecule has 0 spiro atoms. The van der Waals surface area contributed by atoms with Crippen molar-refractivity contribution in [3.63, 3.8) is 0 Å². The second-order valence-electron chi connectivity index (χ2n) is 7.86. The van der Waals surface area contributed by atoms with Gasteiger partial charge in [-0.1, -0.05) is 18.2 Å². The highest BCUT2D eigenvalue weighted by atomic mass is 16.5. The van der Waals surface area contributed by atoms with Crippen molar-refractivity contribution < 1.29 is 9.53 Å². The minimum absolute atomic E-state index is 0.254. The molecule has 0 fully saturated rings. The number of methoxy groups -OCH3 is 1. The molecule has 0 saturated carbocycles. The minimum Gasteiger partial charge on any atom is -0.495 e. The Morgan fingerprint density at radius 2 is 1.85 bits per heavy atom. The van der Waals surface area contributed by atoms with Gasteiger partial charge >= 0.3 is 0 Å². The summed E-state index contributed by atoms with van der Waals surface area (Å²) in [7, 11) is 1.58. The predicted molar refractivity (Wildman–Crippen MR) is 128 cm³/mol. The van der Waals surface area contributed by atoms with E-state index in [1.165, 1.54) is 0 Å². The number of hydrogen-bond acceptors (Lipinski definition) is 4. The Hall–Kier alpha value is -4.39. The second kappa shape index (κ2) is 8.27. The fourth-order valence-corrected chi connectivity index (χ4v) is 3.84. The molecular formula is C26H23N5O2. The lowest BCUT2D eigenvalue weighted by Crippen LogP contribution is -2.14. The van der Waals surface area contributed by atoms with Gasteiger partial charge < -0.3 is 14.5 Å². The highest BCUT2D eigenvalue weighted by molar-refractivity contribution is 6.06. The van der Waals surface area contributed by atoms with Crippen LogP contribution in [-0.2, 0) is 0 Å². The standard InChI is InChI=1S/C26H23N5O2/c1-17-11-12-30-16-23(28-25(30)13-17)19-9-10-24(33-3)22(14-19)29-26(32)21-15-27-31(18(21)2)20-7-5-4-6-8-20/h4-16H,1-3H3,(H,29,32). The van der Waals surface area contributed by atoms with Crippen molar-refractivity contribution in [2.24, 2.45) is 0 Å². The zero-order valence-corrected chi connectivity index (χ0v) is 18.6. The summed E-state index contributed by atoms with van der Waals surface area (Å²) >= 11 is 0. The molecule has 7 heteroatoms. The van der Waals surface area contributed by atoms with Crippen LogP contribution >= 0.6 is 0 Å². The number of carbonyl (C=O) groups excluding carboxylic acids is 1. The van der Waals surface area contributed by atoms with Crippen molar-refractivity contribution in [2.45, 2.75) is 13.8 Å². The van der Waals surface area contributed by atoms with Crippen molar-refractivity contribution in [2.75, 3.05) is 12.4 Å². The van der Waals surface area contributed by atoms with Crippen molar-refractivity contribution in [3.05, 3.63) is 96.1 Å². The lowest BCUT2D eigenvalue weighted by Gasteiger charge is -2.12. The Bertz CT molecular complexity index is 1470. The molecule has 0 aliphatic carbocycles.